The molecule has 152 valence electrons. The zero-order valence-corrected chi connectivity index (χ0v) is 17.3. The molecule has 0 radical (unpaired) electrons. The zero-order valence-electron chi connectivity index (χ0n) is 15.7. The van der Waals surface area contributed by atoms with Crippen LogP contribution in [-0.2, 0) is 10.0 Å². The van der Waals surface area contributed by atoms with Gasteiger partial charge in [0.05, 0.1) is 19.2 Å². The summed E-state index contributed by atoms with van der Waals surface area (Å²) in [5.74, 6) is 1.30. The second-order valence-corrected chi connectivity index (χ2v) is 8.66. The van der Waals surface area contributed by atoms with Gasteiger partial charge >= 0.3 is 0 Å². The highest BCUT2D eigenvalue weighted by molar-refractivity contribution is 7.89. The number of methoxy groups -OCH3 is 2. The molecule has 1 saturated carbocycles. The van der Waals surface area contributed by atoms with Crippen molar-refractivity contribution in [2.75, 3.05) is 14.2 Å². The van der Waals surface area contributed by atoms with Crippen LogP contribution in [0.4, 0.5) is 0 Å². The highest BCUT2D eigenvalue weighted by Gasteiger charge is 2.28. The van der Waals surface area contributed by atoms with Crippen LogP contribution < -0.4 is 18.9 Å². The van der Waals surface area contributed by atoms with E-state index in [2.05, 4.69) is 9.71 Å². The molecule has 3 rings (SSSR count). The van der Waals surface area contributed by atoms with Gasteiger partial charge in [0.25, 0.3) is 0 Å². The molecule has 1 heterocycles. The Hall–Kier alpha value is -2.03. The number of pyridine rings is 1. The Kier molecular flexibility index (Phi) is 6.64. The summed E-state index contributed by atoms with van der Waals surface area (Å²) in [4.78, 5) is 4.23. The lowest BCUT2D eigenvalue weighted by atomic mass is 9.94. The quantitative estimate of drug-likeness (QED) is 0.729. The number of ether oxygens (including phenoxy) is 3. The van der Waals surface area contributed by atoms with Crippen molar-refractivity contribution >= 4 is 21.6 Å². The second kappa shape index (κ2) is 8.98. The van der Waals surface area contributed by atoms with E-state index in [0.717, 1.165) is 12.8 Å². The largest absolute Gasteiger partial charge is 0.497 e. The van der Waals surface area contributed by atoms with Crippen molar-refractivity contribution in [3.63, 3.8) is 0 Å². The minimum atomic E-state index is -3.71. The molecule has 1 fully saturated rings. The molecular weight excluding hydrogens is 404 g/mol. The van der Waals surface area contributed by atoms with E-state index in [0.29, 0.717) is 29.5 Å². The zero-order chi connectivity index (χ0) is 20.1. The van der Waals surface area contributed by atoms with Gasteiger partial charge in [-0.3, -0.25) is 0 Å². The van der Waals surface area contributed by atoms with Gasteiger partial charge in [-0.25, -0.2) is 18.1 Å². The molecule has 1 aromatic heterocycles. The van der Waals surface area contributed by atoms with Crippen molar-refractivity contribution in [3.8, 4) is 17.4 Å². The monoisotopic (exact) mass is 426 g/mol. The molecule has 9 heteroatoms. The number of nitrogens with one attached hydrogen (secondary N) is 1. The topological polar surface area (TPSA) is 86.8 Å². The summed E-state index contributed by atoms with van der Waals surface area (Å²) in [6.45, 7) is 0. The maximum atomic E-state index is 12.8. The molecule has 1 aromatic carbocycles. The Morgan fingerprint density at radius 1 is 1.07 bits per heavy atom. The van der Waals surface area contributed by atoms with Gasteiger partial charge in [-0.2, -0.15) is 0 Å². The molecule has 0 spiro atoms. The van der Waals surface area contributed by atoms with E-state index >= 15 is 0 Å². The van der Waals surface area contributed by atoms with E-state index in [1.807, 2.05) is 0 Å². The molecule has 0 bridgehead atoms. The molecule has 0 aliphatic heterocycles. The first-order valence-corrected chi connectivity index (χ1v) is 10.8. The smallest absolute Gasteiger partial charge is 0.244 e. The summed E-state index contributed by atoms with van der Waals surface area (Å²) in [7, 11) is -0.760. The maximum absolute atomic E-state index is 12.8. The van der Waals surface area contributed by atoms with E-state index < -0.39 is 10.0 Å². The van der Waals surface area contributed by atoms with Gasteiger partial charge in [-0.15, -0.1) is 0 Å². The summed E-state index contributed by atoms with van der Waals surface area (Å²) in [5.41, 5.74) is 0. The van der Waals surface area contributed by atoms with Gasteiger partial charge in [0.15, 0.2) is 0 Å². The van der Waals surface area contributed by atoms with Gasteiger partial charge in [0.2, 0.25) is 15.9 Å². The summed E-state index contributed by atoms with van der Waals surface area (Å²) in [6, 6.07) is 7.94. The second-order valence-electron chi connectivity index (χ2n) is 6.54. The van der Waals surface area contributed by atoms with E-state index in [1.54, 1.807) is 30.5 Å². The number of halogens is 1. The lowest BCUT2D eigenvalue weighted by molar-refractivity contribution is 0.138. The number of aromatic nitrogens is 1. The standard InChI is InChI=1S/C19H23ClN2O5S/c1-25-16-8-9-18(17(11-16)26-2)28(23,24)22-14-4-6-15(7-5-14)27-19-10-3-13(20)12-21-19/h3,8-12,14-15,22H,4-7H2,1-2H3. The number of hydrogen-bond donors (Lipinski definition) is 1. The fraction of sp³-hybridized carbons (Fsp3) is 0.421. The van der Waals surface area contributed by atoms with Crippen molar-refractivity contribution in [3.05, 3.63) is 41.6 Å². The van der Waals surface area contributed by atoms with Crippen LogP contribution in [0.5, 0.6) is 17.4 Å². The van der Waals surface area contributed by atoms with Gasteiger partial charge in [-0.1, -0.05) is 11.6 Å². The third-order valence-corrected chi connectivity index (χ3v) is 6.43. The molecule has 1 aliphatic carbocycles. The minimum absolute atomic E-state index is 0.00459. The van der Waals surface area contributed by atoms with Crippen LogP contribution in [0.2, 0.25) is 5.02 Å². The van der Waals surface area contributed by atoms with Crippen molar-refractivity contribution in [1.29, 1.82) is 0 Å². The van der Waals surface area contributed by atoms with Crippen LogP contribution >= 0.6 is 11.6 Å². The van der Waals surface area contributed by atoms with Crippen molar-refractivity contribution in [2.45, 2.75) is 42.7 Å². The Labute approximate surface area is 170 Å². The first-order valence-electron chi connectivity index (χ1n) is 8.94. The average molecular weight is 427 g/mol. The number of hydrogen-bond acceptors (Lipinski definition) is 6. The minimum Gasteiger partial charge on any atom is -0.497 e. The van der Waals surface area contributed by atoms with Gasteiger partial charge in [-0.05, 0) is 43.9 Å². The van der Waals surface area contributed by atoms with Crippen LogP contribution in [0.15, 0.2) is 41.4 Å². The maximum Gasteiger partial charge on any atom is 0.244 e. The molecule has 2 aromatic rings. The first kappa shape index (κ1) is 20.7. The Morgan fingerprint density at radius 2 is 1.82 bits per heavy atom. The molecule has 0 amide bonds. The average Bonchev–Trinajstić information content (AvgIpc) is 2.70. The molecule has 7 nitrogen and oxygen atoms in total. The van der Waals surface area contributed by atoms with Crippen LogP contribution in [0.3, 0.4) is 0 Å². The van der Waals surface area contributed by atoms with E-state index in [9.17, 15) is 8.42 Å². The number of nitrogens with zero attached hydrogens (tertiary/aromatic N) is 1. The van der Waals surface area contributed by atoms with Crippen LogP contribution in [0.1, 0.15) is 25.7 Å². The van der Waals surface area contributed by atoms with Crippen LogP contribution in [-0.4, -0.2) is 39.8 Å². The first-order chi connectivity index (χ1) is 13.4. The third kappa shape index (κ3) is 5.06. The van der Waals surface area contributed by atoms with Gasteiger partial charge in [0, 0.05) is 24.4 Å². The fourth-order valence-electron chi connectivity index (χ4n) is 3.18. The molecular formula is C19H23ClN2O5S. The third-order valence-electron chi connectivity index (χ3n) is 4.64. The molecule has 0 atom stereocenters. The number of benzene rings is 1. The summed E-state index contributed by atoms with van der Waals surface area (Å²) < 4.78 is 44.6. The highest BCUT2D eigenvalue weighted by atomic mass is 35.5. The van der Waals surface area contributed by atoms with Crippen LogP contribution in [0, 0.1) is 0 Å². The number of sulfonamides is 1. The molecule has 28 heavy (non-hydrogen) atoms. The molecule has 0 saturated heterocycles. The van der Waals surface area contributed by atoms with Crippen molar-refractivity contribution in [1.82, 2.24) is 9.71 Å². The summed E-state index contributed by atoms with van der Waals surface area (Å²) in [6.07, 6.45) is 4.36. The normalized spacial score (nSPS) is 19.8. The predicted molar refractivity (Wildman–Crippen MR) is 106 cm³/mol. The van der Waals surface area contributed by atoms with Gasteiger partial charge in [0.1, 0.15) is 22.5 Å². The van der Waals surface area contributed by atoms with Crippen molar-refractivity contribution in [2.24, 2.45) is 0 Å². The van der Waals surface area contributed by atoms with E-state index in [-0.39, 0.29) is 22.8 Å². The van der Waals surface area contributed by atoms with E-state index in [4.69, 9.17) is 25.8 Å². The predicted octanol–water partition coefficient (Wildman–Crippen LogP) is 3.42. The van der Waals surface area contributed by atoms with Crippen molar-refractivity contribution < 1.29 is 22.6 Å². The van der Waals surface area contributed by atoms with E-state index in [1.165, 1.54) is 20.3 Å². The van der Waals surface area contributed by atoms with Crippen LogP contribution in [0.25, 0.3) is 0 Å². The highest BCUT2D eigenvalue weighted by Crippen LogP contribution is 2.30. The fourth-order valence-corrected chi connectivity index (χ4v) is 4.75. The summed E-state index contributed by atoms with van der Waals surface area (Å²) >= 11 is 5.82. The molecule has 0 unspecified atom stereocenters. The van der Waals surface area contributed by atoms with Gasteiger partial charge < -0.3 is 14.2 Å². The Balaban J connectivity index is 1.60. The molecule has 1 N–H and O–H groups in total. The molecule has 1 aliphatic rings. The lowest BCUT2D eigenvalue weighted by Crippen LogP contribution is -2.39. The summed E-state index contributed by atoms with van der Waals surface area (Å²) in [5, 5.41) is 0.555. The number of rotatable bonds is 7. The SMILES string of the molecule is COc1ccc(S(=O)(=O)NC2CCC(Oc3ccc(Cl)cn3)CC2)c(OC)c1. The lowest BCUT2D eigenvalue weighted by Gasteiger charge is -2.29. The Morgan fingerprint density at radius 3 is 2.43 bits per heavy atom. The Bertz CT molecular complexity index is 897.